The molecule has 4 aromatic heterocycles. The Kier molecular flexibility index (Phi) is 34.0. The second-order valence-electron chi connectivity index (χ2n) is 9.75. The SMILES string of the molecule is CC1(C)OB(c2cc(F)nc(F)c2)OC1(C)C.CI.COc1cc(Br)cc(F)n1.Fc1cc(Br)cc(F)n1.Fc1cccc(F)n1.[I][V]([I])[I].[I][V][I]. The Morgan fingerprint density at radius 3 is 1.23 bits per heavy atom. The number of methoxy groups -OCH3 is 1. The van der Waals surface area contributed by atoms with E-state index in [2.05, 4.69) is 174 Å². The number of hydrogen-bond acceptors (Lipinski definition) is 7. The van der Waals surface area contributed by atoms with Crippen molar-refractivity contribution in [3.63, 3.8) is 0 Å². The molecule has 0 aliphatic carbocycles. The fourth-order valence-electron chi connectivity index (χ4n) is 2.97. The number of pyridine rings is 4. The summed E-state index contributed by atoms with van der Waals surface area (Å²) in [7, 11) is 1.29. The molecule has 4 aromatic rings. The fourth-order valence-corrected chi connectivity index (χ4v) is 3.73. The van der Waals surface area contributed by atoms with Crippen LogP contribution in [0.1, 0.15) is 27.7 Å². The summed E-state index contributed by atoms with van der Waals surface area (Å²) in [4.78, 5) is 13.9. The van der Waals surface area contributed by atoms with Crippen molar-refractivity contribution in [3.8, 4) is 5.88 Å². The molecular weight excluding hydrogens is 1610 g/mol. The quantitative estimate of drug-likeness (QED) is 0.0650. The van der Waals surface area contributed by atoms with Crippen molar-refractivity contribution in [2.45, 2.75) is 38.9 Å². The monoisotopic (exact) mass is 1630 g/mol. The first-order valence-electron chi connectivity index (χ1n) is 13.5. The van der Waals surface area contributed by atoms with E-state index in [1.54, 1.807) is 6.07 Å². The molecule has 0 radical (unpaired) electrons. The predicted molar refractivity (Wildman–Crippen MR) is 244 cm³/mol. The van der Waals surface area contributed by atoms with Crippen LogP contribution in [0.3, 0.4) is 0 Å². The average molecular weight is 1630 g/mol. The van der Waals surface area contributed by atoms with Crippen molar-refractivity contribution in [1.82, 2.24) is 19.9 Å². The maximum absolute atomic E-state index is 13.0. The summed E-state index contributed by atoms with van der Waals surface area (Å²) in [6.45, 7) is 7.50. The molecule has 0 amide bonds. The summed E-state index contributed by atoms with van der Waals surface area (Å²) in [5, 5.41) is 0. The van der Waals surface area contributed by atoms with Gasteiger partial charge in [-0.2, -0.15) is 50.7 Å². The Balaban J connectivity index is 0. The summed E-state index contributed by atoms with van der Waals surface area (Å²) in [5.41, 5.74) is -0.768. The van der Waals surface area contributed by atoms with Gasteiger partial charge >= 0.3 is 121 Å². The van der Waals surface area contributed by atoms with Gasteiger partial charge in [-0.25, -0.2) is 0 Å². The third kappa shape index (κ3) is 27.7. The van der Waals surface area contributed by atoms with Crippen LogP contribution in [0.15, 0.2) is 63.5 Å². The van der Waals surface area contributed by atoms with E-state index in [4.69, 9.17) is 14.0 Å². The van der Waals surface area contributed by atoms with Crippen molar-refractivity contribution >= 4 is 167 Å². The number of aromatic nitrogens is 4. The van der Waals surface area contributed by atoms with Gasteiger partial charge in [0.2, 0.25) is 47.5 Å². The van der Waals surface area contributed by atoms with E-state index < -0.39 is 60.0 Å². The van der Waals surface area contributed by atoms with Crippen molar-refractivity contribution in [2.75, 3.05) is 12.0 Å². The van der Waals surface area contributed by atoms with E-state index in [0.717, 1.165) is 36.4 Å². The molecule has 0 aromatic carbocycles. The second kappa shape index (κ2) is 31.3. The van der Waals surface area contributed by atoms with Gasteiger partial charge in [0.1, 0.15) is 0 Å². The number of alkyl halides is 1. The first-order chi connectivity index (χ1) is 24.5. The van der Waals surface area contributed by atoms with Crippen LogP contribution in [-0.4, -0.2) is 50.3 Å². The number of halogens is 15. The molecule has 0 unspecified atom stereocenters. The van der Waals surface area contributed by atoms with Crippen LogP contribution in [0, 0.1) is 41.6 Å². The van der Waals surface area contributed by atoms with Gasteiger partial charge in [0.15, 0.2) is 0 Å². The van der Waals surface area contributed by atoms with Crippen LogP contribution in [0.25, 0.3) is 0 Å². The van der Waals surface area contributed by atoms with Crippen LogP contribution in [0.2, 0.25) is 0 Å². The van der Waals surface area contributed by atoms with Gasteiger partial charge in [0, 0.05) is 33.2 Å². The summed E-state index contributed by atoms with van der Waals surface area (Å²) >= 11 is 20.3. The van der Waals surface area contributed by atoms with Gasteiger partial charge in [-0.3, -0.25) is 0 Å². The zero-order chi connectivity index (χ0) is 41.5. The summed E-state index contributed by atoms with van der Waals surface area (Å²) < 4.78 is 103. The molecular formula is C28H27BBr2F7I6N4O3V2. The van der Waals surface area contributed by atoms with Gasteiger partial charge in [0.25, 0.3) is 0 Å². The third-order valence-corrected chi connectivity index (χ3v) is 6.58. The Labute approximate surface area is 401 Å². The molecule has 295 valence electrons. The van der Waals surface area contributed by atoms with E-state index in [1.807, 2.05) is 32.6 Å². The first kappa shape index (κ1) is 57.5. The summed E-state index contributed by atoms with van der Waals surface area (Å²) in [6, 6.07) is 10.7. The Morgan fingerprint density at radius 2 is 0.943 bits per heavy atom. The second-order valence-corrected chi connectivity index (χ2v) is 58.7. The third-order valence-electron chi connectivity index (χ3n) is 5.66. The number of rotatable bonds is 2. The molecule has 7 nitrogen and oxygen atoms in total. The molecule has 0 saturated carbocycles. The van der Waals surface area contributed by atoms with Gasteiger partial charge < -0.3 is 14.0 Å². The number of hydrogen-bond donors (Lipinski definition) is 0. The molecule has 5 rings (SSSR count). The van der Waals surface area contributed by atoms with Gasteiger partial charge in [0.05, 0.1) is 18.3 Å². The van der Waals surface area contributed by atoms with E-state index >= 15 is 0 Å². The minimum atomic E-state index is -0.880. The predicted octanol–water partition coefficient (Wildman–Crippen LogP) is 12.6. The van der Waals surface area contributed by atoms with E-state index in [0.29, 0.717) is 23.9 Å². The topological polar surface area (TPSA) is 79.2 Å². The van der Waals surface area contributed by atoms with Gasteiger partial charge in [-0.1, -0.05) is 60.5 Å². The van der Waals surface area contributed by atoms with Crippen LogP contribution < -0.4 is 10.2 Å². The van der Waals surface area contributed by atoms with Crippen molar-refractivity contribution < 1.29 is 59.2 Å². The molecule has 0 bridgehead atoms. The fraction of sp³-hybridized carbons (Fsp3) is 0.286. The molecule has 0 N–H and O–H groups in total. The first-order valence-corrected chi connectivity index (χ1v) is 39.7. The summed E-state index contributed by atoms with van der Waals surface area (Å²) in [6.07, 6.45) is 0. The molecule has 0 atom stereocenters. The molecule has 1 aliphatic rings. The minimum absolute atomic E-state index is 0.270. The van der Waals surface area contributed by atoms with E-state index in [9.17, 15) is 30.7 Å². The Morgan fingerprint density at radius 1 is 0.642 bits per heavy atom. The summed E-state index contributed by atoms with van der Waals surface area (Å²) in [5.74, 6) is -5.25. The Bertz CT molecular complexity index is 1530. The standard InChI is InChI=1S/C11H14BF2NO2.C6H5BrFNO.C5H2BrF2N.C5H3F2N.CH3I.5HI.2V/c1-10(2)11(3,4)17-12(16-10)7-5-8(13)15-9(14)6-7;1-10-6-3-4(7)2-5(8)9-6;6-3-1-4(7)9-5(8)2-3;6-4-2-1-3-5(7)8-4;1-2;;;;;;;/h5-6H,1-4H3;2-3H,1H3;1-2H;1-3H;1H3;5*1H;;/q;;;;;;;;;;+2;+3/p-5. The van der Waals surface area contributed by atoms with Crippen LogP contribution in [0.4, 0.5) is 30.7 Å². The Hall–Kier alpha value is 2.40. The molecule has 1 aliphatic heterocycles. The molecule has 1 saturated heterocycles. The maximum atomic E-state index is 13.0. The molecule has 25 heteroatoms. The van der Waals surface area contributed by atoms with Crippen molar-refractivity contribution in [2.24, 2.45) is 0 Å². The average Bonchev–Trinajstić information content (AvgIpc) is 3.24. The molecule has 53 heavy (non-hydrogen) atoms. The zero-order valence-corrected chi connectivity index (χ0v) is 46.8. The van der Waals surface area contributed by atoms with E-state index in [1.165, 1.54) is 19.2 Å². The van der Waals surface area contributed by atoms with Crippen LogP contribution in [0.5, 0.6) is 5.88 Å². The molecule has 5 heterocycles. The van der Waals surface area contributed by atoms with Crippen molar-refractivity contribution in [1.29, 1.82) is 0 Å². The number of ether oxygens (including phenoxy) is 1. The van der Waals surface area contributed by atoms with Crippen molar-refractivity contribution in [3.05, 3.63) is 105 Å². The van der Waals surface area contributed by atoms with Gasteiger partial charge in [-0.05, 0) is 62.4 Å². The normalized spacial score (nSPS) is 12.9. The van der Waals surface area contributed by atoms with Gasteiger partial charge in [-0.15, -0.1) is 0 Å². The van der Waals surface area contributed by atoms with Crippen LogP contribution >= 0.6 is 154 Å². The van der Waals surface area contributed by atoms with E-state index in [-0.39, 0.29) is 10.8 Å². The van der Waals surface area contributed by atoms with Crippen LogP contribution in [-0.2, 0) is 23.7 Å². The number of nitrogens with zero attached hydrogens (tertiary/aromatic N) is 4. The molecule has 0 spiro atoms. The zero-order valence-electron chi connectivity index (χ0n) is 27.9. The molecule has 1 fully saturated rings.